The molecule has 0 N–H and O–H groups in total. The highest BCUT2D eigenvalue weighted by Crippen LogP contribution is 2.21. The molecule has 6 heteroatoms. The third-order valence-corrected chi connectivity index (χ3v) is 6.10. The molecular formula is C26H26BrN3O2. The van der Waals surface area contributed by atoms with E-state index < -0.39 is 0 Å². The minimum absolute atomic E-state index is 0.380. The third-order valence-electron chi connectivity index (χ3n) is 5.57. The van der Waals surface area contributed by atoms with E-state index in [2.05, 4.69) is 49.8 Å². The number of carbonyl (C=O) groups is 1. The summed E-state index contributed by atoms with van der Waals surface area (Å²) in [4.78, 5) is 21.7. The smallest absolute Gasteiger partial charge is 0.343 e. The molecule has 0 spiro atoms. The van der Waals surface area contributed by atoms with Crippen molar-refractivity contribution in [3.8, 4) is 5.75 Å². The first kappa shape index (κ1) is 22.2. The number of piperazine rings is 1. The Morgan fingerprint density at radius 1 is 0.938 bits per heavy atom. The number of halogens is 1. The van der Waals surface area contributed by atoms with Gasteiger partial charge in [0.15, 0.2) is 0 Å². The summed E-state index contributed by atoms with van der Waals surface area (Å²) in [5.74, 6) is 0.123. The third kappa shape index (κ3) is 5.84. The summed E-state index contributed by atoms with van der Waals surface area (Å²) in [6, 6.07) is 22.8. The van der Waals surface area contributed by atoms with Crippen molar-refractivity contribution in [1.29, 1.82) is 0 Å². The van der Waals surface area contributed by atoms with Gasteiger partial charge in [0.25, 0.3) is 0 Å². The fraction of sp³-hybridized carbons (Fsp3) is 0.231. The van der Waals surface area contributed by atoms with Gasteiger partial charge in [-0.3, -0.25) is 4.99 Å². The summed E-state index contributed by atoms with van der Waals surface area (Å²) in [5, 5.41) is 0. The number of ether oxygens (including phenoxy) is 1. The fourth-order valence-electron chi connectivity index (χ4n) is 3.59. The van der Waals surface area contributed by atoms with Crippen molar-refractivity contribution in [2.24, 2.45) is 4.99 Å². The van der Waals surface area contributed by atoms with E-state index in [1.165, 1.54) is 5.69 Å². The molecule has 0 saturated carbocycles. The van der Waals surface area contributed by atoms with Gasteiger partial charge in [-0.05, 0) is 84.9 Å². The summed E-state index contributed by atoms with van der Waals surface area (Å²) in [5.41, 5.74) is 3.60. The van der Waals surface area contributed by atoms with E-state index in [9.17, 15) is 4.79 Å². The Balaban J connectivity index is 1.32. The minimum atomic E-state index is -0.380. The molecule has 1 fully saturated rings. The lowest BCUT2D eigenvalue weighted by molar-refractivity contribution is 0.0734. The molecule has 0 bridgehead atoms. The van der Waals surface area contributed by atoms with Crippen LogP contribution in [0, 0.1) is 0 Å². The topological polar surface area (TPSA) is 45.1 Å². The van der Waals surface area contributed by atoms with Crippen molar-refractivity contribution in [2.45, 2.75) is 6.92 Å². The van der Waals surface area contributed by atoms with Crippen molar-refractivity contribution in [2.75, 3.05) is 37.6 Å². The lowest BCUT2D eigenvalue weighted by Gasteiger charge is -2.35. The predicted molar refractivity (Wildman–Crippen MR) is 134 cm³/mol. The molecule has 1 aliphatic rings. The van der Waals surface area contributed by atoms with E-state index in [0.717, 1.165) is 48.4 Å². The molecule has 32 heavy (non-hydrogen) atoms. The molecule has 1 aliphatic heterocycles. The van der Waals surface area contributed by atoms with E-state index in [1.54, 1.807) is 24.3 Å². The average molecular weight is 492 g/mol. The summed E-state index contributed by atoms with van der Waals surface area (Å²) in [6.07, 6.45) is 1.81. The molecule has 0 aliphatic carbocycles. The van der Waals surface area contributed by atoms with Crippen LogP contribution < -0.4 is 9.64 Å². The highest BCUT2D eigenvalue weighted by Gasteiger charge is 2.15. The highest BCUT2D eigenvalue weighted by atomic mass is 79.9. The average Bonchev–Trinajstić information content (AvgIpc) is 2.84. The van der Waals surface area contributed by atoms with Crippen LogP contribution in [0.4, 0.5) is 11.4 Å². The van der Waals surface area contributed by atoms with Gasteiger partial charge < -0.3 is 14.5 Å². The van der Waals surface area contributed by atoms with Crippen LogP contribution in [0.1, 0.15) is 22.8 Å². The number of anilines is 1. The Hall–Kier alpha value is -2.96. The quantitative estimate of drug-likeness (QED) is 0.257. The van der Waals surface area contributed by atoms with Crippen LogP contribution in [0.3, 0.4) is 0 Å². The number of rotatable bonds is 6. The Kier molecular flexibility index (Phi) is 7.35. The number of likely N-dealkylation sites (N-methyl/N-ethyl adjacent to an activating group) is 1. The second kappa shape index (κ2) is 10.6. The van der Waals surface area contributed by atoms with Crippen LogP contribution in [0.5, 0.6) is 5.75 Å². The maximum atomic E-state index is 12.2. The molecule has 4 rings (SSSR count). The zero-order chi connectivity index (χ0) is 22.3. The van der Waals surface area contributed by atoms with E-state index in [4.69, 9.17) is 4.74 Å². The monoisotopic (exact) mass is 491 g/mol. The van der Waals surface area contributed by atoms with Crippen molar-refractivity contribution < 1.29 is 9.53 Å². The second-order valence-electron chi connectivity index (χ2n) is 7.66. The van der Waals surface area contributed by atoms with Gasteiger partial charge in [0.2, 0.25) is 0 Å². The molecular weight excluding hydrogens is 466 g/mol. The molecule has 0 amide bonds. The molecule has 3 aromatic carbocycles. The summed E-state index contributed by atoms with van der Waals surface area (Å²) < 4.78 is 6.35. The molecule has 1 heterocycles. The van der Waals surface area contributed by atoms with Gasteiger partial charge in [-0.25, -0.2) is 4.79 Å². The lowest BCUT2D eigenvalue weighted by Crippen LogP contribution is -2.46. The SMILES string of the molecule is CCN1CCN(c2ccc(N=Cc3ccc(OC(=O)c4ccc(Br)cc4)cc3)cc2)CC1. The van der Waals surface area contributed by atoms with Gasteiger partial charge in [0.05, 0.1) is 11.3 Å². The summed E-state index contributed by atoms with van der Waals surface area (Å²) >= 11 is 3.36. The first-order chi connectivity index (χ1) is 15.6. The number of aliphatic imine (C=N–C) groups is 1. The molecule has 3 aromatic rings. The van der Waals surface area contributed by atoms with Crippen LogP contribution in [-0.2, 0) is 0 Å². The first-order valence-corrected chi connectivity index (χ1v) is 11.6. The number of esters is 1. The number of carbonyl (C=O) groups excluding carboxylic acids is 1. The van der Waals surface area contributed by atoms with Crippen molar-refractivity contribution in [1.82, 2.24) is 4.90 Å². The summed E-state index contributed by atoms with van der Waals surface area (Å²) in [7, 11) is 0. The van der Waals surface area contributed by atoms with Crippen molar-refractivity contribution in [3.05, 3.63) is 88.4 Å². The van der Waals surface area contributed by atoms with Crippen LogP contribution in [0.25, 0.3) is 0 Å². The number of hydrogen-bond donors (Lipinski definition) is 0. The fourth-order valence-corrected chi connectivity index (χ4v) is 3.86. The second-order valence-corrected chi connectivity index (χ2v) is 8.58. The van der Waals surface area contributed by atoms with Gasteiger partial charge in [0.1, 0.15) is 5.75 Å². The predicted octanol–water partition coefficient (Wildman–Crippen LogP) is 5.56. The largest absolute Gasteiger partial charge is 0.423 e. The van der Waals surface area contributed by atoms with E-state index in [-0.39, 0.29) is 5.97 Å². The van der Waals surface area contributed by atoms with E-state index in [0.29, 0.717) is 11.3 Å². The molecule has 0 unspecified atom stereocenters. The first-order valence-electron chi connectivity index (χ1n) is 10.8. The minimum Gasteiger partial charge on any atom is -0.423 e. The molecule has 1 saturated heterocycles. The maximum Gasteiger partial charge on any atom is 0.343 e. The molecule has 0 radical (unpaired) electrons. The standard InChI is InChI=1S/C26H26BrN3O2/c1-2-29-15-17-30(18-16-29)24-11-9-23(10-12-24)28-19-20-3-13-25(14-4-20)32-26(31)21-5-7-22(27)8-6-21/h3-14,19H,2,15-18H2,1H3. The Labute approximate surface area is 197 Å². The molecule has 5 nitrogen and oxygen atoms in total. The molecule has 0 aromatic heterocycles. The van der Waals surface area contributed by atoms with Crippen molar-refractivity contribution in [3.63, 3.8) is 0 Å². The van der Waals surface area contributed by atoms with Crippen molar-refractivity contribution >= 4 is 39.5 Å². The van der Waals surface area contributed by atoms with Gasteiger partial charge in [-0.15, -0.1) is 0 Å². The zero-order valence-corrected chi connectivity index (χ0v) is 19.7. The van der Waals surface area contributed by atoms with Gasteiger partial charge in [-0.2, -0.15) is 0 Å². The van der Waals surface area contributed by atoms with Crippen LogP contribution in [0.15, 0.2) is 82.3 Å². The number of nitrogens with zero attached hydrogens (tertiary/aromatic N) is 3. The lowest BCUT2D eigenvalue weighted by atomic mass is 10.2. The highest BCUT2D eigenvalue weighted by molar-refractivity contribution is 9.10. The maximum absolute atomic E-state index is 12.2. The van der Waals surface area contributed by atoms with E-state index >= 15 is 0 Å². The Morgan fingerprint density at radius 2 is 1.59 bits per heavy atom. The molecule has 164 valence electrons. The van der Waals surface area contributed by atoms with Crippen LogP contribution in [0.2, 0.25) is 0 Å². The Bertz CT molecular complexity index is 1060. The molecule has 0 atom stereocenters. The zero-order valence-electron chi connectivity index (χ0n) is 18.1. The van der Waals surface area contributed by atoms with Gasteiger partial charge in [-0.1, -0.05) is 22.9 Å². The normalized spacial score (nSPS) is 14.6. The Morgan fingerprint density at radius 3 is 2.22 bits per heavy atom. The summed E-state index contributed by atoms with van der Waals surface area (Å²) in [6.45, 7) is 7.70. The number of benzene rings is 3. The van der Waals surface area contributed by atoms with Crippen LogP contribution in [-0.4, -0.2) is 49.8 Å². The van der Waals surface area contributed by atoms with Crippen LogP contribution >= 0.6 is 15.9 Å². The van der Waals surface area contributed by atoms with Gasteiger partial charge in [0, 0.05) is 42.6 Å². The number of hydrogen-bond acceptors (Lipinski definition) is 5. The van der Waals surface area contributed by atoms with E-state index in [1.807, 2.05) is 42.6 Å². The van der Waals surface area contributed by atoms with Gasteiger partial charge >= 0.3 is 5.97 Å².